The molecule has 0 spiro atoms. The third-order valence-electron chi connectivity index (χ3n) is 8.49. The Morgan fingerprint density at radius 1 is 0.833 bits per heavy atom. The second-order valence-corrected chi connectivity index (χ2v) is 11.2. The van der Waals surface area contributed by atoms with Crippen LogP contribution < -0.4 is 4.90 Å². The number of hydrogen-bond donors (Lipinski definition) is 0. The molecule has 2 fully saturated rings. The molecule has 0 bridgehead atoms. The third-order valence-corrected chi connectivity index (χ3v) is 8.49. The molecular weight excluding hydrogens is 556 g/mol. The predicted octanol–water partition coefficient (Wildman–Crippen LogP) is 6.40. The van der Waals surface area contributed by atoms with Crippen LogP contribution in [0.2, 0.25) is 0 Å². The number of alkyl halides is 3. The highest BCUT2D eigenvalue weighted by Crippen LogP contribution is 2.39. The number of nitrogens with zero attached hydrogens (tertiary/aromatic N) is 5. The summed E-state index contributed by atoms with van der Waals surface area (Å²) in [7, 11) is 2.14. The van der Waals surface area contributed by atoms with Crippen molar-refractivity contribution < 1.29 is 26.3 Å². The molecule has 2 saturated heterocycles. The molecule has 42 heavy (non-hydrogen) atoms. The van der Waals surface area contributed by atoms with Crippen LogP contribution in [0.3, 0.4) is 0 Å². The van der Waals surface area contributed by atoms with Crippen LogP contribution in [0.4, 0.5) is 32.0 Å². The summed E-state index contributed by atoms with van der Waals surface area (Å²) >= 11 is 0. The maximum absolute atomic E-state index is 14.6. The smallest absolute Gasteiger partial charge is 0.371 e. The van der Waals surface area contributed by atoms with Crippen LogP contribution in [0.1, 0.15) is 24.0 Å². The van der Waals surface area contributed by atoms with Gasteiger partial charge in [0.15, 0.2) is 0 Å². The summed E-state index contributed by atoms with van der Waals surface area (Å²) in [6, 6.07) is 12.8. The lowest BCUT2D eigenvalue weighted by atomic mass is 10.00. The lowest BCUT2D eigenvalue weighted by Crippen LogP contribution is -2.52. The molecule has 0 aliphatic carbocycles. The molecule has 3 aromatic carbocycles. The van der Waals surface area contributed by atoms with Crippen molar-refractivity contribution in [3.63, 3.8) is 0 Å². The summed E-state index contributed by atoms with van der Waals surface area (Å²) in [5, 5.41) is 4.42. The van der Waals surface area contributed by atoms with Crippen molar-refractivity contribution in [2.24, 2.45) is 0 Å². The van der Waals surface area contributed by atoms with Crippen LogP contribution in [0.5, 0.6) is 0 Å². The number of piperidine rings is 1. The minimum absolute atomic E-state index is 0.207. The van der Waals surface area contributed by atoms with Gasteiger partial charge in [0, 0.05) is 79.6 Å². The summed E-state index contributed by atoms with van der Waals surface area (Å²) in [5.74, 6) is -3.35. The Morgan fingerprint density at radius 3 is 2.17 bits per heavy atom. The lowest BCUT2D eigenvalue weighted by Gasteiger charge is -2.42. The summed E-state index contributed by atoms with van der Waals surface area (Å²) in [6.45, 7) is 5.40. The first-order chi connectivity index (χ1) is 20.1. The zero-order valence-electron chi connectivity index (χ0n) is 23.1. The number of benzene rings is 3. The van der Waals surface area contributed by atoms with E-state index in [1.807, 2.05) is 18.2 Å². The fourth-order valence-corrected chi connectivity index (χ4v) is 6.20. The van der Waals surface area contributed by atoms with E-state index < -0.39 is 41.3 Å². The molecule has 5 nitrogen and oxygen atoms in total. The van der Waals surface area contributed by atoms with Gasteiger partial charge < -0.3 is 9.80 Å². The van der Waals surface area contributed by atoms with E-state index in [0.29, 0.717) is 29.4 Å². The number of hydrogen-bond acceptors (Lipinski definition) is 4. The van der Waals surface area contributed by atoms with Crippen molar-refractivity contribution in [3.8, 4) is 11.3 Å². The highest BCUT2D eigenvalue weighted by atomic mass is 19.4. The fourth-order valence-electron chi connectivity index (χ4n) is 6.20. The minimum Gasteiger partial charge on any atom is -0.371 e. The highest BCUT2D eigenvalue weighted by Gasteiger charge is 2.35. The van der Waals surface area contributed by atoms with E-state index in [0.717, 1.165) is 63.9 Å². The van der Waals surface area contributed by atoms with Crippen LogP contribution in [-0.4, -0.2) is 71.9 Å². The molecule has 6 rings (SSSR count). The summed E-state index contributed by atoms with van der Waals surface area (Å²) < 4.78 is 85.8. The largest absolute Gasteiger partial charge is 0.418 e. The minimum atomic E-state index is -4.68. The Bertz CT molecular complexity index is 1560. The third kappa shape index (κ3) is 5.59. The zero-order chi connectivity index (χ0) is 29.6. The summed E-state index contributed by atoms with van der Waals surface area (Å²) in [4.78, 5) is 7.16. The lowest BCUT2D eigenvalue weighted by molar-refractivity contribution is -0.136. The molecule has 0 unspecified atom stereocenters. The van der Waals surface area contributed by atoms with E-state index in [2.05, 4.69) is 26.8 Å². The second kappa shape index (κ2) is 11.3. The van der Waals surface area contributed by atoms with Gasteiger partial charge in [0.2, 0.25) is 0 Å². The molecule has 11 heteroatoms. The van der Waals surface area contributed by atoms with Gasteiger partial charge in [-0.3, -0.25) is 9.58 Å². The monoisotopic (exact) mass is 587 g/mol. The molecular formula is C31H31F6N5. The molecule has 2 aliphatic rings. The molecule has 2 aliphatic heterocycles. The fraction of sp³-hybridized carbons (Fsp3) is 0.387. The van der Waals surface area contributed by atoms with Gasteiger partial charge in [0.1, 0.15) is 23.0 Å². The first kappa shape index (κ1) is 28.5. The van der Waals surface area contributed by atoms with E-state index in [-0.39, 0.29) is 10.9 Å². The van der Waals surface area contributed by atoms with Crippen LogP contribution >= 0.6 is 0 Å². The molecule has 222 valence electrons. The van der Waals surface area contributed by atoms with Gasteiger partial charge in [-0.1, -0.05) is 24.3 Å². The van der Waals surface area contributed by atoms with Gasteiger partial charge in [-0.2, -0.15) is 18.3 Å². The Morgan fingerprint density at radius 2 is 1.50 bits per heavy atom. The number of piperazine rings is 1. The van der Waals surface area contributed by atoms with Crippen LogP contribution in [0.15, 0.2) is 54.6 Å². The summed E-state index contributed by atoms with van der Waals surface area (Å²) in [5.41, 5.74) is 0.0350. The molecule has 4 aromatic rings. The van der Waals surface area contributed by atoms with Crippen LogP contribution in [-0.2, 0) is 12.7 Å². The van der Waals surface area contributed by atoms with Gasteiger partial charge in [-0.25, -0.2) is 13.2 Å². The van der Waals surface area contributed by atoms with Crippen molar-refractivity contribution in [2.45, 2.75) is 31.6 Å². The van der Waals surface area contributed by atoms with Crippen LogP contribution in [0, 0.1) is 17.5 Å². The van der Waals surface area contributed by atoms with Crippen LogP contribution in [0.25, 0.3) is 22.2 Å². The molecule has 0 amide bonds. The van der Waals surface area contributed by atoms with E-state index in [4.69, 9.17) is 0 Å². The van der Waals surface area contributed by atoms with Gasteiger partial charge >= 0.3 is 6.18 Å². The first-order valence-corrected chi connectivity index (χ1v) is 14.1. The Hall–Kier alpha value is -3.57. The van der Waals surface area contributed by atoms with Gasteiger partial charge in [0.05, 0.1) is 17.8 Å². The van der Waals surface area contributed by atoms with E-state index in [1.54, 1.807) is 6.07 Å². The highest BCUT2D eigenvalue weighted by molar-refractivity contribution is 5.96. The number of likely N-dealkylation sites (N-methyl/N-ethyl adjacent to an activating group) is 1. The van der Waals surface area contributed by atoms with Crippen molar-refractivity contribution in [2.75, 3.05) is 51.2 Å². The molecule has 0 N–H and O–H groups in total. The van der Waals surface area contributed by atoms with Crippen molar-refractivity contribution >= 4 is 16.6 Å². The summed E-state index contributed by atoms with van der Waals surface area (Å²) in [6.07, 6.45) is -2.67. The van der Waals surface area contributed by atoms with E-state index in [9.17, 15) is 26.3 Å². The Kier molecular flexibility index (Phi) is 7.65. The maximum Gasteiger partial charge on any atom is 0.418 e. The number of fused-ring (bicyclic) bond motifs is 1. The molecule has 1 aromatic heterocycles. The standard InChI is InChI=1S/C31H31F6N5/c1-39-12-14-41(15-13-39)22-8-10-40(11-9-22)23-5-2-4-20(16-23)30-24-6-3-7-26(31(35,36)37)29(24)38-42(30)19-25-27(33)17-21(32)18-28(25)34/h2-7,16-18,22H,8-15,19H2,1H3. The normalized spacial score (nSPS) is 17.8. The number of halogens is 6. The molecule has 0 radical (unpaired) electrons. The SMILES string of the molecule is CN1CCN(C2CCN(c3cccc(-c4c5cccc(C(F)(F)F)c5nn4Cc4c(F)cc(F)cc4F)c3)CC2)CC1. The maximum atomic E-state index is 14.6. The first-order valence-electron chi connectivity index (χ1n) is 14.1. The Balaban J connectivity index is 1.35. The number of anilines is 1. The topological polar surface area (TPSA) is 27.5 Å². The predicted molar refractivity (Wildman–Crippen MR) is 150 cm³/mol. The number of rotatable bonds is 5. The van der Waals surface area contributed by atoms with Gasteiger partial charge in [-0.15, -0.1) is 0 Å². The zero-order valence-corrected chi connectivity index (χ0v) is 23.1. The van der Waals surface area contributed by atoms with Gasteiger partial charge in [0.25, 0.3) is 0 Å². The average Bonchev–Trinajstić information content (AvgIpc) is 3.33. The van der Waals surface area contributed by atoms with Crippen molar-refractivity contribution in [1.29, 1.82) is 0 Å². The average molecular weight is 588 g/mol. The number of aromatic nitrogens is 2. The van der Waals surface area contributed by atoms with E-state index in [1.165, 1.54) is 16.8 Å². The Labute approximate surface area is 239 Å². The van der Waals surface area contributed by atoms with Crippen molar-refractivity contribution in [3.05, 3.63) is 83.2 Å². The second-order valence-electron chi connectivity index (χ2n) is 11.2. The molecule has 0 saturated carbocycles. The van der Waals surface area contributed by atoms with Gasteiger partial charge in [-0.05, 0) is 38.1 Å². The quantitative estimate of drug-likeness (QED) is 0.253. The van der Waals surface area contributed by atoms with Crippen molar-refractivity contribution in [1.82, 2.24) is 19.6 Å². The molecule has 0 atom stereocenters. The molecule has 3 heterocycles. The van der Waals surface area contributed by atoms with E-state index >= 15 is 0 Å².